The minimum Gasteiger partial charge on any atom is -0.493 e. The van der Waals surface area contributed by atoms with E-state index in [9.17, 15) is 0 Å². The Balaban J connectivity index is 0. The molecule has 0 spiro atoms. The lowest BCUT2D eigenvalue weighted by atomic mass is 9.83. The zero-order chi connectivity index (χ0) is 30.5. The van der Waals surface area contributed by atoms with Crippen molar-refractivity contribution in [2.45, 2.75) is 86.4 Å². The van der Waals surface area contributed by atoms with Crippen LogP contribution in [0.1, 0.15) is 87.6 Å². The number of amidine groups is 1. The second kappa shape index (κ2) is 16.1. The van der Waals surface area contributed by atoms with Crippen molar-refractivity contribution in [2.24, 2.45) is 15.4 Å². The molecule has 0 bridgehead atoms. The summed E-state index contributed by atoms with van der Waals surface area (Å²) in [5.41, 5.74) is 7.36. The van der Waals surface area contributed by atoms with E-state index in [1.54, 1.807) is 39.2 Å². The molecule has 0 saturated heterocycles. The van der Waals surface area contributed by atoms with Gasteiger partial charge < -0.3 is 20.3 Å². The van der Waals surface area contributed by atoms with Gasteiger partial charge in [-0.2, -0.15) is 0 Å². The topological polar surface area (TPSA) is 86.4 Å². The third-order valence-corrected chi connectivity index (χ3v) is 6.41. The first kappa shape index (κ1) is 34.8. The maximum absolute atomic E-state index is 15.2. The highest BCUT2D eigenvalue weighted by Crippen LogP contribution is 2.37. The Bertz CT molecular complexity index is 1200. The molecule has 0 aromatic heterocycles. The molecule has 1 aromatic carbocycles. The minimum atomic E-state index is -1.46. The van der Waals surface area contributed by atoms with E-state index in [2.05, 4.69) is 50.0 Å². The van der Waals surface area contributed by atoms with Crippen molar-refractivity contribution < 1.29 is 22.2 Å². The van der Waals surface area contributed by atoms with Gasteiger partial charge in [0.2, 0.25) is 0 Å². The summed E-state index contributed by atoms with van der Waals surface area (Å²) in [4.78, 5) is 9.65. The largest absolute Gasteiger partial charge is 0.493 e. The van der Waals surface area contributed by atoms with Gasteiger partial charge in [-0.05, 0) is 64.2 Å². The number of halogens is 1. The number of aryl methyl sites for hydroxylation is 1. The third-order valence-electron chi connectivity index (χ3n) is 6.41. The third kappa shape index (κ3) is 11.5. The fourth-order valence-electron chi connectivity index (χ4n) is 3.80. The van der Waals surface area contributed by atoms with E-state index in [1.165, 1.54) is 6.92 Å². The Morgan fingerprint density at radius 3 is 2.45 bits per heavy atom. The van der Waals surface area contributed by atoms with Crippen LogP contribution in [0.5, 0.6) is 0 Å². The van der Waals surface area contributed by atoms with Gasteiger partial charge in [0.25, 0.3) is 0 Å². The number of hydrogen-bond donors (Lipinski definition) is 3. The molecule has 224 valence electrons. The van der Waals surface area contributed by atoms with Crippen LogP contribution in [0.2, 0.25) is 0 Å². The van der Waals surface area contributed by atoms with E-state index < -0.39 is 5.79 Å². The number of aliphatic imine (C=N–C) groups is 2. The molecule has 2 rings (SSSR count). The van der Waals surface area contributed by atoms with Gasteiger partial charge in [0.1, 0.15) is 11.6 Å². The van der Waals surface area contributed by atoms with E-state index in [4.69, 9.17) is 19.9 Å². The highest BCUT2D eigenvalue weighted by atomic mass is 19.1. The van der Waals surface area contributed by atoms with Gasteiger partial charge in [0.15, 0.2) is 5.79 Å². The molecule has 0 amide bonds. The van der Waals surface area contributed by atoms with Crippen LogP contribution < -0.4 is 5.32 Å². The number of benzene rings is 1. The van der Waals surface area contributed by atoms with Crippen molar-refractivity contribution in [1.29, 1.82) is 0 Å². The fraction of sp³-hybridized carbons (Fsp3) is 0.485. The molecule has 0 radical (unpaired) electrons. The van der Waals surface area contributed by atoms with Crippen LogP contribution >= 0.6 is 0 Å². The predicted octanol–water partition coefficient (Wildman–Crippen LogP) is 7.89. The maximum atomic E-state index is 15.2. The van der Waals surface area contributed by atoms with Gasteiger partial charge in [-0.25, -0.2) is 4.39 Å². The second-order valence-corrected chi connectivity index (χ2v) is 11.0. The van der Waals surface area contributed by atoms with Crippen LogP contribution in [-0.4, -0.2) is 41.2 Å². The Labute approximate surface area is 243 Å². The summed E-state index contributed by atoms with van der Waals surface area (Å²) in [5, 5.41) is 20.2. The summed E-state index contributed by atoms with van der Waals surface area (Å²) in [6.45, 7) is 21.4. The predicted molar refractivity (Wildman–Crippen MR) is 170 cm³/mol. The van der Waals surface area contributed by atoms with Crippen molar-refractivity contribution in [3.05, 3.63) is 83.2 Å². The lowest BCUT2D eigenvalue weighted by Gasteiger charge is -2.29. The van der Waals surface area contributed by atoms with Gasteiger partial charge >= 0.3 is 0 Å². The van der Waals surface area contributed by atoms with Gasteiger partial charge in [0, 0.05) is 43.8 Å². The molecule has 40 heavy (non-hydrogen) atoms. The van der Waals surface area contributed by atoms with Gasteiger partial charge in [0.05, 0.1) is 18.6 Å². The zero-order valence-electron chi connectivity index (χ0n) is 25.6. The fourth-order valence-corrected chi connectivity index (χ4v) is 3.80. The number of allylic oxidation sites excluding steroid dienone is 4. The van der Waals surface area contributed by atoms with E-state index in [-0.39, 0.29) is 14.1 Å². The summed E-state index contributed by atoms with van der Waals surface area (Å²) >= 11 is 0. The molecule has 0 unspecified atom stereocenters. The molecule has 1 aromatic rings. The highest BCUT2D eigenvalue weighted by Gasteiger charge is 2.27. The summed E-state index contributed by atoms with van der Waals surface area (Å²) < 4.78 is 20.4. The molecule has 7 heteroatoms. The first-order valence-electron chi connectivity index (χ1n) is 13.7. The molecule has 1 aliphatic heterocycles. The summed E-state index contributed by atoms with van der Waals surface area (Å²) in [7, 11) is 1.62. The molecule has 0 atom stereocenters. The van der Waals surface area contributed by atoms with Crippen molar-refractivity contribution in [3.63, 3.8) is 0 Å². The quantitative estimate of drug-likeness (QED) is 0.0519. The molecular formula is C33H52FN3O3. The smallest absolute Gasteiger partial charge is 0.159 e. The number of nitrogens with one attached hydrogen (secondary N) is 1. The van der Waals surface area contributed by atoms with Crippen LogP contribution in [0.25, 0.3) is 5.70 Å². The summed E-state index contributed by atoms with van der Waals surface area (Å²) in [6.07, 6.45) is 7.15. The van der Waals surface area contributed by atoms with Crippen molar-refractivity contribution >= 4 is 17.2 Å². The van der Waals surface area contributed by atoms with Crippen LogP contribution in [0, 0.1) is 18.2 Å². The average Bonchev–Trinajstić information content (AvgIpc) is 2.89. The van der Waals surface area contributed by atoms with E-state index in [0.29, 0.717) is 29.8 Å². The molecule has 3 N–H and O–H groups in total. The molecular weight excluding hydrogens is 505 g/mol. The standard InChI is InChI=1S/C29H38FN3O.C4H10O2.2H2/c1-9-13-25(32-21(4)31-19-12-15-22(10-2)34-8)23-17-18-26(29(5,6)7)33-28(23)24-16-11-14-20(3)27(24)30;1-3-4(2,5)6;;/h9,11,13-14,16H,1-2,12,15,17-19H2,3-8H3,(H,31,32);5-6H,3H2,1-2H3;2*1H/b25-13-;;;. The molecule has 6 nitrogen and oxygen atoms in total. The Morgan fingerprint density at radius 2 is 1.93 bits per heavy atom. The van der Waals surface area contributed by atoms with Gasteiger partial charge in [-0.15, -0.1) is 0 Å². The first-order valence-corrected chi connectivity index (χ1v) is 13.7. The molecule has 1 aliphatic rings. The number of ether oxygens (including phenoxy) is 1. The van der Waals surface area contributed by atoms with Gasteiger partial charge in [-0.3, -0.25) is 9.98 Å². The minimum absolute atomic E-state index is 0. The SMILES string of the molecule is C=C=C(CCCN=C(C)N/C(=C\C=C)C1=C(c2cccc(C)c2F)N=C(C(C)(C)C)CC1)OC.CCC(C)(O)O.[HH].[HH]. The van der Waals surface area contributed by atoms with Crippen LogP contribution in [0.3, 0.4) is 0 Å². The van der Waals surface area contributed by atoms with E-state index >= 15 is 4.39 Å². The highest BCUT2D eigenvalue weighted by molar-refractivity contribution is 5.97. The summed E-state index contributed by atoms with van der Waals surface area (Å²) in [5.74, 6) is -0.184. The normalized spacial score (nSPS) is 14.5. The number of nitrogens with zero attached hydrogens (tertiary/aromatic N) is 2. The Kier molecular flexibility index (Phi) is 14.0. The Hall–Kier alpha value is -3.25. The number of rotatable bonds is 10. The lowest BCUT2D eigenvalue weighted by molar-refractivity contribution is -0.145. The second-order valence-electron chi connectivity index (χ2n) is 11.0. The van der Waals surface area contributed by atoms with Crippen LogP contribution in [0.4, 0.5) is 4.39 Å². The van der Waals surface area contributed by atoms with Crippen LogP contribution in [0.15, 0.2) is 76.3 Å². The summed E-state index contributed by atoms with van der Waals surface area (Å²) in [6, 6.07) is 5.46. The zero-order valence-corrected chi connectivity index (χ0v) is 25.6. The van der Waals surface area contributed by atoms with Crippen LogP contribution in [-0.2, 0) is 4.74 Å². The van der Waals surface area contributed by atoms with E-state index in [0.717, 1.165) is 54.3 Å². The number of methoxy groups -OCH3 is 1. The molecule has 1 heterocycles. The average molecular weight is 558 g/mol. The molecule has 0 fully saturated rings. The maximum Gasteiger partial charge on any atom is 0.159 e. The van der Waals surface area contributed by atoms with E-state index in [1.807, 2.05) is 19.1 Å². The number of aliphatic hydroxyl groups is 2. The van der Waals surface area contributed by atoms with Crippen molar-refractivity contribution in [3.8, 4) is 0 Å². The molecule has 0 saturated carbocycles. The first-order chi connectivity index (χ1) is 18.7. The monoisotopic (exact) mass is 557 g/mol. The molecule has 0 aliphatic carbocycles. The lowest BCUT2D eigenvalue weighted by Crippen LogP contribution is -2.27. The van der Waals surface area contributed by atoms with Crippen molar-refractivity contribution in [1.82, 2.24) is 5.32 Å². The number of hydrogen-bond acceptors (Lipinski definition) is 5. The van der Waals surface area contributed by atoms with Gasteiger partial charge in [-0.1, -0.05) is 64.8 Å². The van der Waals surface area contributed by atoms with Crippen molar-refractivity contribution in [2.75, 3.05) is 13.7 Å². The Morgan fingerprint density at radius 1 is 1.27 bits per heavy atom.